The number of rotatable bonds is 8. The molecule has 1 aliphatic carbocycles. The molecule has 0 saturated heterocycles. The minimum absolute atomic E-state index is 0.0368. The van der Waals surface area contributed by atoms with Gasteiger partial charge < -0.3 is 25.6 Å². The van der Waals surface area contributed by atoms with Gasteiger partial charge in [0, 0.05) is 31.1 Å². The van der Waals surface area contributed by atoms with E-state index >= 15 is 0 Å². The molecule has 5 nitrogen and oxygen atoms in total. The van der Waals surface area contributed by atoms with E-state index < -0.39 is 6.10 Å². The fraction of sp³-hybridized carbons (Fsp3) is 0.684. The molecule has 0 amide bonds. The summed E-state index contributed by atoms with van der Waals surface area (Å²) in [6.45, 7) is 9.05. The first-order chi connectivity index (χ1) is 11.4. The molecule has 136 valence electrons. The van der Waals surface area contributed by atoms with Crippen LogP contribution < -0.4 is 15.4 Å². The summed E-state index contributed by atoms with van der Waals surface area (Å²) in [6.07, 6.45) is 0.456. The lowest BCUT2D eigenvalue weighted by Crippen LogP contribution is -2.48. The Balaban J connectivity index is 2.01. The van der Waals surface area contributed by atoms with Gasteiger partial charge in [-0.25, -0.2) is 0 Å². The summed E-state index contributed by atoms with van der Waals surface area (Å²) in [7, 11) is 0. The fourth-order valence-corrected chi connectivity index (χ4v) is 3.11. The van der Waals surface area contributed by atoms with E-state index in [4.69, 9.17) is 4.74 Å². The maximum Gasteiger partial charge on any atom is 0.122 e. The Labute approximate surface area is 145 Å². The maximum absolute atomic E-state index is 10.3. The van der Waals surface area contributed by atoms with Crippen LogP contribution in [0.2, 0.25) is 0 Å². The lowest BCUT2D eigenvalue weighted by molar-refractivity contribution is 0.0996. The highest BCUT2D eigenvalue weighted by atomic mass is 16.5. The van der Waals surface area contributed by atoms with Crippen LogP contribution in [0.3, 0.4) is 0 Å². The number of hydrogen-bond donors (Lipinski definition) is 4. The van der Waals surface area contributed by atoms with Gasteiger partial charge >= 0.3 is 0 Å². The van der Waals surface area contributed by atoms with Crippen molar-refractivity contribution in [1.82, 2.24) is 10.6 Å². The first kappa shape index (κ1) is 19.2. The molecule has 24 heavy (non-hydrogen) atoms. The van der Waals surface area contributed by atoms with E-state index in [1.807, 2.05) is 32.0 Å². The van der Waals surface area contributed by atoms with Crippen LogP contribution >= 0.6 is 0 Å². The average molecular weight is 336 g/mol. The van der Waals surface area contributed by atoms with E-state index in [1.54, 1.807) is 0 Å². The fourth-order valence-electron chi connectivity index (χ4n) is 3.11. The number of fused-ring (bicyclic) bond motifs is 1. The topological polar surface area (TPSA) is 73.8 Å². The molecule has 1 aromatic rings. The largest absolute Gasteiger partial charge is 0.491 e. The molecule has 2 rings (SSSR count). The highest BCUT2D eigenvalue weighted by molar-refractivity contribution is 5.43. The van der Waals surface area contributed by atoms with Gasteiger partial charge in [-0.3, -0.25) is 0 Å². The molecule has 1 aromatic carbocycles. The smallest absolute Gasteiger partial charge is 0.122 e. The first-order valence-electron chi connectivity index (χ1n) is 8.96. The van der Waals surface area contributed by atoms with E-state index in [0.717, 1.165) is 23.3 Å². The van der Waals surface area contributed by atoms with Crippen molar-refractivity contribution in [2.75, 3.05) is 13.2 Å². The average Bonchev–Trinajstić information content (AvgIpc) is 2.51. The van der Waals surface area contributed by atoms with Crippen LogP contribution in [0.1, 0.15) is 38.8 Å². The van der Waals surface area contributed by atoms with Crippen LogP contribution in [-0.2, 0) is 12.8 Å². The Kier molecular flexibility index (Phi) is 7.04. The second kappa shape index (κ2) is 8.81. The molecule has 0 radical (unpaired) electrons. The molecule has 0 aromatic heterocycles. The van der Waals surface area contributed by atoms with Gasteiger partial charge in [0.25, 0.3) is 0 Å². The number of benzene rings is 1. The Hall–Kier alpha value is -1.14. The molecule has 0 fully saturated rings. The van der Waals surface area contributed by atoms with Gasteiger partial charge in [-0.15, -0.1) is 0 Å². The summed E-state index contributed by atoms with van der Waals surface area (Å²) in [5.41, 5.74) is 2.28. The summed E-state index contributed by atoms with van der Waals surface area (Å²) < 4.78 is 5.89. The standard InChI is InChI=1S/C19H32N2O3/c1-12(2)20-10-15(22)11-24-19-7-5-6-14-8-18(23)17(9-16(14)19)21-13(3)4/h5-7,12-13,15,17-18,20-23H,8-11H2,1-4H3. The third-order valence-electron chi connectivity index (χ3n) is 4.29. The lowest BCUT2D eigenvalue weighted by atomic mass is 9.85. The molecule has 3 unspecified atom stereocenters. The molecule has 0 saturated carbocycles. The number of ether oxygens (including phenoxy) is 1. The molecular formula is C19H32N2O3. The Bertz CT molecular complexity index is 519. The SMILES string of the molecule is CC(C)NCC(O)COc1cccc2c1CC(NC(C)C)C(O)C2. The Morgan fingerprint density at radius 2 is 1.92 bits per heavy atom. The zero-order valence-electron chi connectivity index (χ0n) is 15.2. The minimum atomic E-state index is -0.540. The third kappa shape index (κ3) is 5.45. The number of aliphatic hydroxyl groups excluding tert-OH is 2. The van der Waals surface area contributed by atoms with Crippen LogP contribution in [0, 0.1) is 0 Å². The predicted octanol–water partition coefficient (Wildman–Crippen LogP) is 1.25. The highest BCUT2D eigenvalue weighted by Crippen LogP contribution is 2.30. The van der Waals surface area contributed by atoms with Crippen LogP contribution in [0.4, 0.5) is 0 Å². The second-order valence-corrected chi connectivity index (χ2v) is 7.33. The molecule has 3 atom stereocenters. The number of aliphatic hydroxyl groups is 2. The molecular weight excluding hydrogens is 304 g/mol. The molecule has 0 bridgehead atoms. The molecule has 0 heterocycles. The van der Waals surface area contributed by atoms with Crippen molar-refractivity contribution in [3.63, 3.8) is 0 Å². The molecule has 5 heteroatoms. The lowest BCUT2D eigenvalue weighted by Gasteiger charge is -2.33. The summed E-state index contributed by atoms with van der Waals surface area (Å²) in [5, 5.41) is 27.0. The summed E-state index contributed by atoms with van der Waals surface area (Å²) >= 11 is 0. The Morgan fingerprint density at radius 1 is 1.17 bits per heavy atom. The zero-order valence-corrected chi connectivity index (χ0v) is 15.2. The normalized spacial score (nSPS) is 21.8. The first-order valence-corrected chi connectivity index (χ1v) is 8.96. The van der Waals surface area contributed by atoms with Crippen LogP contribution in [0.15, 0.2) is 18.2 Å². The van der Waals surface area contributed by atoms with Gasteiger partial charge in [0.05, 0.1) is 6.10 Å². The monoisotopic (exact) mass is 336 g/mol. The number of hydrogen-bond acceptors (Lipinski definition) is 5. The predicted molar refractivity (Wildman–Crippen MR) is 96.6 cm³/mol. The maximum atomic E-state index is 10.3. The summed E-state index contributed by atoms with van der Waals surface area (Å²) in [5.74, 6) is 0.818. The van der Waals surface area contributed by atoms with Crippen molar-refractivity contribution in [2.24, 2.45) is 0 Å². The molecule has 1 aliphatic rings. The van der Waals surface area contributed by atoms with Gasteiger partial charge in [-0.1, -0.05) is 39.8 Å². The molecule has 4 N–H and O–H groups in total. The third-order valence-corrected chi connectivity index (χ3v) is 4.29. The van der Waals surface area contributed by atoms with Gasteiger partial charge in [0.2, 0.25) is 0 Å². The van der Waals surface area contributed by atoms with E-state index in [-0.39, 0.29) is 18.8 Å². The van der Waals surface area contributed by atoms with Crippen LogP contribution in [0.5, 0.6) is 5.75 Å². The summed E-state index contributed by atoms with van der Waals surface area (Å²) in [6, 6.07) is 6.65. The van der Waals surface area contributed by atoms with Gasteiger partial charge in [0.1, 0.15) is 18.5 Å². The van der Waals surface area contributed by atoms with Crippen LogP contribution in [-0.4, -0.2) is 53.7 Å². The van der Waals surface area contributed by atoms with Gasteiger partial charge in [0.15, 0.2) is 0 Å². The highest BCUT2D eigenvalue weighted by Gasteiger charge is 2.29. The quantitative estimate of drug-likeness (QED) is 0.575. The van der Waals surface area contributed by atoms with Crippen molar-refractivity contribution >= 4 is 0 Å². The Morgan fingerprint density at radius 3 is 2.58 bits per heavy atom. The molecule has 0 spiro atoms. The van der Waals surface area contributed by atoms with E-state index in [1.165, 1.54) is 0 Å². The van der Waals surface area contributed by atoms with Crippen molar-refractivity contribution < 1.29 is 14.9 Å². The van der Waals surface area contributed by atoms with Gasteiger partial charge in [-0.05, 0) is 23.6 Å². The van der Waals surface area contributed by atoms with E-state index in [0.29, 0.717) is 25.0 Å². The number of nitrogens with one attached hydrogen (secondary N) is 2. The van der Waals surface area contributed by atoms with Crippen LogP contribution in [0.25, 0.3) is 0 Å². The molecule has 0 aliphatic heterocycles. The van der Waals surface area contributed by atoms with Crippen molar-refractivity contribution in [1.29, 1.82) is 0 Å². The van der Waals surface area contributed by atoms with Crippen molar-refractivity contribution in [3.8, 4) is 5.75 Å². The van der Waals surface area contributed by atoms with E-state index in [2.05, 4.69) is 24.5 Å². The summed E-state index contributed by atoms with van der Waals surface area (Å²) in [4.78, 5) is 0. The minimum Gasteiger partial charge on any atom is -0.491 e. The second-order valence-electron chi connectivity index (χ2n) is 7.33. The van der Waals surface area contributed by atoms with Crippen molar-refractivity contribution in [2.45, 2.75) is 70.9 Å². The van der Waals surface area contributed by atoms with Crippen molar-refractivity contribution in [3.05, 3.63) is 29.3 Å². The zero-order chi connectivity index (χ0) is 17.7. The van der Waals surface area contributed by atoms with E-state index in [9.17, 15) is 10.2 Å². The van der Waals surface area contributed by atoms with Gasteiger partial charge in [-0.2, -0.15) is 0 Å².